The van der Waals surface area contributed by atoms with Crippen LogP contribution in [0.25, 0.3) is 0 Å². The van der Waals surface area contributed by atoms with E-state index in [4.69, 9.17) is 4.52 Å². The van der Waals surface area contributed by atoms with Gasteiger partial charge in [0.1, 0.15) is 0 Å². The summed E-state index contributed by atoms with van der Waals surface area (Å²) in [7, 11) is -3.88. The number of sulfonamides is 1. The molecule has 4 aromatic rings. The summed E-state index contributed by atoms with van der Waals surface area (Å²) in [6.07, 6.45) is 0.505. The molecule has 0 radical (unpaired) electrons. The summed E-state index contributed by atoms with van der Waals surface area (Å²) in [5, 5.41) is 6.80. The van der Waals surface area contributed by atoms with E-state index in [0.29, 0.717) is 23.8 Å². The summed E-state index contributed by atoms with van der Waals surface area (Å²) in [4.78, 5) is 17.4. The summed E-state index contributed by atoms with van der Waals surface area (Å²) in [6.45, 7) is 3.73. The highest BCUT2D eigenvalue weighted by Crippen LogP contribution is 2.19. The first kappa shape index (κ1) is 25.3. The fourth-order valence-electron chi connectivity index (χ4n) is 3.58. The average molecular weight is 505 g/mol. The Morgan fingerprint density at radius 2 is 1.56 bits per heavy atom. The highest BCUT2D eigenvalue weighted by atomic mass is 32.2. The maximum Gasteiger partial charge on any atom is 0.243 e. The highest BCUT2D eigenvalue weighted by Gasteiger charge is 2.27. The number of hydrogen-bond acceptors (Lipinski definition) is 6. The molecule has 1 heterocycles. The van der Waals surface area contributed by atoms with Crippen LogP contribution in [-0.2, 0) is 27.8 Å². The first-order chi connectivity index (χ1) is 17.3. The molecular formula is C27H28N4O4S. The molecule has 0 atom stereocenters. The Morgan fingerprint density at radius 3 is 2.17 bits per heavy atom. The first-order valence-corrected chi connectivity index (χ1v) is 13.1. The highest BCUT2D eigenvalue weighted by molar-refractivity contribution is 7.89. The maximum absolute atomic E-state index is 13.3. The number of nitrogens with one attached hydrogen (secondary N) is 1. The van der Waals surface area contributed by atoms with E-state index in [2.05, 4.69) is 15.5 Å². The van der Waals surface area contributed by atoms with Gasteiger partial charge >= 0.3 is 0 Å². The molecule has 1 amide bonds. The molecule has 4 rings (SSSR count). The molecule has 0 aliphatic heterocycles. The quantitative estimate of drug-likeness (QED) is 0.338. The summed E-state index contributed by atoms with van der Waals surface area (Å²) in [5.41, 5.74) is 2.31. The Balaban J connectivity index is 1.44. The Hall–Kier alpha value is -3.82. The molecular weight excluding hydrogens is 476 g/mol. The van der Waals surface area contributed by atoms with Gasteiger partial charge < -0.3 is 9.84 Å². The van der Waals surface area contributed by atoms with Crippen LogP contribution in [0, 0.1) is 0 Å². The van der Waals surface area contributed by atoms with E-state index in [1.54, 1.807) is 30.3 Å². The first-order valence-electron chi connectivity index (χ1n) is 11.6. The van der Waals surface area contributed by atoms with Gasteiger partial charge in [-0.25, -0.2) is 8.42 Å². The van der Waals surface area contributed by atoms with E-state index in [1.807, 2.05) is 56.3 Å². The number of benzene rings is 3. The topological polar surface area (TPSA) is 105 Å². The average Bonchev–Trinajstić information content (AvgIpc) is 3.35. The van der Waals surface area contributed by atoms with Crippen molar-refractivity contribution in [3.05, 3.63) is 108 Å². The molecule has 0 saturated carbocycles. The minimum absolute atomic E-state index is 0.0769. The SMILES string of the molecule is CC(C)c1nc(Cc2ccc(NC(=O)CN(Cc3ccccc3)S(=O)(=O)c3ccccc3)cc2)no1. The second kappa shape index (κ2) is 11.3. The molecule has 0 aliphatic carbocycles. The predicted molar refractivity (Wildman–Crippen MR) is 137 cm³/mol. The van der Waals surface area contributed by atoms with Gasteiger partial charge in [0.15, 0.2) is 5.82 Å². The fraction of sp³-hybridized carbons (Fsp3) is 0.222. The van der Waals surface area contributed by atoms with Gasteiger partial charge in [-0.3, -0.25) is 4.79 Å². The number of carbonyl (C=O) groups is 1. The number of anilines is 1. The Bertz CT molecular complexity index is 1390. The van der Waals surface area contributed by atoms with Crippen molar-refractivity contribution < 1.29 is 17.7 Å². The Labute approximate surface area is 211 Å². The van der Waals surface area contributed by atoms with Gasteiger partial charge in [0.2, 0.25) is 21.8 Å². The van der Waals surface area contributed by atoms with Crippen molar-refractivity contribution in [3.8, 4) is 0 Å². The van der Waals surface area contributed by atoms with Gasteiger partial charge in [0.25, 0.3) is 0 Å². The van der Waals surface area contributed by atoms with E-state index in [1.165, 1.54) is 16.4 Å². The van der Waals surface area contributed by atoms with Gasteiger partial charge in [-0.1, -0.05) is 79.7 Å². The van der Waals surface area contributed by atoms with Crippen LogP contribution in [0.3, 0.4) is 0 Å². The van der Waals surface area contributed by atoms with E-state index < -0.39 is 15.9 Å². The van der Waals surface area contributed by atoms with Crippen molar-refractivity contribution in [1.82, 2.24) is 14.4 Å². The minimum Gasteiger partial charge on any atom is -0.339 e. The predicted octanol–water partition coefficient (Wildman–Crippen LogP) is 4.61. The normalized spacial score (nSPS) is 11.7. The van der Waals surface area contributed by atoms with Crippen LogP contribution in [0.2, 0.25) is 0 Å². The zero-order valence-electron chi connectivity index (χ0n) is 20.2. The van der Waals surface area contributed by atoms with Crippen molar-refractivity contribution >= 4 is 21.6 Å². The largest absolute Gasteiger partial charge is 0.339 e. The van der Waals surface area contributed by atoms with Crippen molar-refractivity contribution in [2.75, 3.05) is 11.9 Å². The third-order valence-electron chi connectivity index (χ3n) is 5.48. The fourth-order valence-corrected chi connectivity index (χ4v) is 4.98. The third kappa shape index (κ3) is 6.44. The number of rotatable bonds is 10. The van der Waals surface area contributed by atoms with Crippen LogP contribution < -0.4 is 5.32 Å². The number of amides is 1. The molecule has 1 aromatic heterocycles. The monoisotopic (exact) mass is 504 g/mol. The summed E-state index contributed by atoms with van der Waals surface area (Å²) < 4.78 is 33.1. The molecule has 0 fully saturated rings. The van der Waals surface area contributed by atoms with Crippen molar-refractivity contribution in [2.45, 2.75) is 37.6 Å². The number of carbonyl (C=O) groups excluding carboxylic acids is 1. The van der Waals surface area contributed by atoms with Gasteiger partial charge in [0.05, 0.1) is 11.4 Å². The molecule has 3 aromatic carbocycles. The van der Waals surface area contributed by atoms with Gasteiger partial charge in [-0.15, -0.1) is 0 Å². The summed E-state index contributed by atoms with van der Waals surface area (Å²) in [5.74, 6) is 0.923. The van der Waals surface area contributed by atoms with E-state index >= 15 is 0 Å². The third-order valence-corrected chi connectivity index (χ3v) is 7.29. The molecule has 0 aliphatic rings. The molecule has 0 spiro atoms. The maximum atomic E-state index is 13.3. The Kier molecular flexibility index (Phi) is 7.92. The lowest BCUT2D eigenvalue weighted by Crippen LogP contribution is -2.37. The standard InChI is InChI=1S/C27H28N4O4S/c1-20(2)27-29-25(30-35-27)17-21-13-15-23(16-14-21)28-26(32)19-31(18-22-9-5-3-6-10-22)36(33,34)24-11-7-4-8-12-24/h3-16,20H,17-19H2,1-2H3,(H,28,32). The molecule has 0 unspecified atom stereocenters. The van der Waals surface area contributed by atoms with E-state index in [-0.39, 0.29) is 23.9 Å². The smallest absolute Gasteiger partial charge is 0.243 e. The van der Waals surface area contributed by atoms with Crippen LogP contribution in [0.5, 0.6) is 0 Å². The van der Waals surface area contributed by atoms with Gasteiger partial charge in [-0.2, -0.15) is 9.29 Å². The molecule has 36 heavy (non-hydrogen) atoms. The summed E-state index contributed by atoms with van der Waals surface area (Å²) in [6, 6.07) is 24.6. The van der Waals surface area contributed by atoms with Crippen molar-refractivity contribution in [2.24, 2.45) is 0 Å². The molecule has 186 valence electrons. The van der Waals surface area contributed by atoms with Crippen LogP contribution in [0.1, 0.15) is 42.6 Å². The van der Waals surface area contributed by atoms with Crippen LogP contribution >= 0.6 is 0 Å². The van der Waals surface area contributed by atoms with Crippen LogP contribution in [-0.4, -0.2) is 35.3 Å². The zero-order chi connectivity index (χ0) is 25.5. The molecule has 9 heteroatoms. The second-order valence-electron chi connectivity index (χ2n) is 8.70. The lowest BCUT2D eigenvalue weighted by atomic mass is 10.1. The lowest BCUT2D eigenvalue weighted by Gasteiger charge is -2.22. The zero-order valence-corrected chi connectivity index (χ0v) is 21.0. The van der Waals surface area contributed by atoms with Crippen LogP contribution in [0.15, 0.2) is 94.3 Å². The number of aromatic nitrogens is 2. The second-order valence-corrected chi connectivity index (χ2v) is 10.6. The van der Waals surface area contributed by atoms with Gasteiger partial charge in [-0.05, 0) is 35.4 Å². The molecule has 8 nitrogen and oxygen atoms in total. The minimum atomic E-state index is -3.88. The van der Waals surface area contributed by atoms with Gasteiger partial charge in [0, 0.05) is 24.6 Å². The van der Waals surface area contributed by atoms with Crippen molar-refractivity contribution in [3.63, 3.8) is 0 Å². The molecule has 1 N–H and O–H groups in total. The number of hydrogen-bond donors (Lipinski definition) is 1. The van der Waals surface area contributed by atoms with E-state index in [9.17, 15) is 13.2 Å². The Morgan fingerprint density at radius 1 is 0.917 bits per heavy atom. The molecule has 0 bridgehead atoms. The van der Waals surface area contributed by atoms with Crippen molar-refractivity contribution in [1.29, 1.82) is 0 Å². The number of nitrogens with zero attached hydrogens (tertiary/aromatic N) is 3. The van der Waals surface area contributed by atoms with Crippen LogP contribution in [0.4, 0.5) is 5.69 Å². The summed E-state index contributed by atoms with van der Waals surface area (Å²) >= 11 is 0. The lowest BCUT2D eigenvalue weighted by molar-refractivity contribution is -0.116. The van der Waals surface area contributed by atoms with E-state index in [0.717, 1.165) is 11.1 Å². The molecule has 0 saturated heterocycles.